The summed E-state index contributed by atoms with van der Waals surface area (Å²) in [5, 5.41) is 14.1. The van der Waals surface area contributed by atoms with Gasteiger partial charge in [-0.3, -0.25) is 4.68 Å². The van der Waals surface area contributed by atoms with Crippen LogP contribution in [0.2, 0.25) is 0 Å². The molecule has 0 radical (unpaired) electrons. The molecule has 0 aromatic carbocycles. The van der Waals surface area contributed by atoms with Crippen molar-refractivity contribution in [1.82, 2.24) is 9.78 Å². The summed E-state index contributed by atoms with van der Waals surface area (Å²) < 4.78 is 2.93. The lowest BCUT2D eigenvalue weighted by Crippen LogP contribution is -2.13. The van der Waals surface area contributed by atoms with E-state index < -0.39 is 0 Å². The number of halogens is 1. The molecule has 1 unspecified atom stereocenters. The molecule has 1 N–H and O–H groups in total. The molecule has 1 rings (SSSR count). The molecular formula is C11H17BrN2O. The highest BCUT2D eigenvalue weighted by atomic mass is 79.9. The minimum Gasteiger partial charge on any atom is -0.392 e. The molecule has 3 nitrogen and oxygen atoms in total. The number of rotatable bonds is 5. The van der Waals surface area contributed by atoms with Crippen molar-refractivity contribution in [2.24, 2.45) is 0 Å². The van der Waals surface area contributed by atoms with Crippen LogP contribution in [0.5, 0.6) is 0 Å². The van der Waals surface area contributed by atoms with Gasteiger partial charge in [-0.25, -0.2) is 0 Å². The van der Waals surface area contributed by atoms with Crippen molar-refractivity contribution >= 4 is 15.9 Å². The number of aliphatic hydroxyl groups excluding tert-OH is 1. The second-order valence-corrected chi connectivity index (χ2v) is 4.34. The minimum absolute atomic E-state index is 0.375. The van der Waals surface area contributed by atoms with Gasteiger partial charge in [-0.2, -0.15) is 5.10 Å². The summed E-state index contributed by atoms with van der Waals surface area (Å²) in [6.45, 7) is 8.44. The Bertz CT molecular complexity index is 347. The molecule has 1 aromatic rings. The van der Waals surface area contributed by atoms with E-state index in [2.05, 4.69) is 27.6 Å². The van der Waals surface area contributed by atoms with Crippen molar-refractivity contribution < 1.29 is 5.11 Å². The quantitative estimate of drug-likeness (QED) is 0.837. The maximum absolute atomic E-state index is 9.72. The Morgan fingerprint density at radius 1 is 1.67 bits per heavy atom. The van der Waals surface area contributed by atoms with Crippen molar-refractivity contribution in [1.29, 1.82) is 0 Å². The Balaban J connectivity index is 2.87. The van der Waals surface area contributed by atoms with E-state index >= 15 is 0 Å². The van der Waals surface area contributed by atoms with Crippen LogP contribution in [0, 0.1) is 6.92 Å². The monoisotopic (exact) mass is 272 g/mol. The largest absolute Gasteiger partial charge is 0.392 e. The van der Waals surface area contributed by atoms with Gasteiger partial charge in [-0.15, -0.1) is 6.58 Å². The first-order valence-electron chi connectivity index (χ1n) is 5.10. The summed E-state index contributed by atoms with van der Waals surface area (Å²) in [5.74, 6) is 0. The summed E-state index contributed by atoms with van der Waals surface area (Å²) in [5.41, 5.74) is 2.03. The molecule has 0 aliphatic rings. The third-order valence-electron chi connectivity index (χ3n) is 2.32. The van der Waals surface area contributed by atoms with Gasteiger partial charge in [0, 0.05) is 13.0 Å². The first kappa shape index (κ1) is 12.5. The first-order valence-corrected chi connectivity index (χ1v) is 5.90. The summed E-state index contributed by atoms with van der Waals surface area (Å²) in [6.07, 6.45) is 2.58. The molecule has 15 heavy (non-hydrogen) atoms. The maximum atomic E-state index is 9.72. The lowest BCUT2D eigenvalue weighted by atomic mass is 10.1. The molecule has 0 saturated heterocycles. The molecule has 0 fully saturated rings. The van der Waals surface area contributed by atoms with Crippen LogP contribution in [0.3, 0.4) is 0 Å². The Morgan fingerprint density at radius 2 is 2.33 bits per heavy atom. The Morgan fingerprint density at radius 3 is 2.87 bits per heavy atom. The SMILES string of the molecule is C=CCC(O)Cc1c(Br)c(C)nn1CC. The fourth-order valence-electron chi connectivity index (χ4n) is 1.56. The number of hydrogen-bond acceptors (Lipinski definition) is 2. The van der Waals surface area contributed by atoms with Gasteiger partial charge in [-0.05, 0) is 36.2 Å². The van der Waals surface area contributed by atoms with Crippen LogP contribution in [-0.2, 0) is 13.0 Å². The van der Waals surface area contributed by atoms with E-state index in [0.717, 1.165) is 22.4 Å². The van der Waals surface area contributed by atoms with E-state index in [9.17, 15) is 5.11 Å². The molecule has 1 aromatic heterocycles. The van der Waals surface area contributed by atoms with Crippen LogP contribution in [0.25, 0.3) is 0 Å². The van der Waals surface area contributed by atoms with E-state index in [1.165, 1.54) is 0 Å². The zero-order valence-corrected chi connectivity index (χ0v) is 10.8. The molecular weight excluding hydrogens is 256 g/mol. The second-order valence-electron chi connectivity index (χ2n) is 3.54. The third kappa shape index (κ3) is 2.92. The molecule has 0 saturated carbocycles. The summed E-state index contributed by atoms with van der Waals surface area (Å²) in [7, 11) is 0. The average molecular weight is 273 g/mol. The standard InChI is InChI=1S/C11H17BrN2O/c1-4-6-9(15)7-10-11(12)8(3)13-14(10)5-2/h4,9,15H,1,5-7H2,2-3H3. The van der Waals surface area contributed by atoms with Crippen LogP contribution >= 0.6 is 15.9 Å². The zero-order valence-electron chi connectivity index (χ0n) is 9.20. The normalized spacial score (nSPS) is 12.8. The highest BCUT2D eigenvalue weighted by molar-refractivity contribution is 9.10. The van der Waals surface area contributed by atoms with Gasteiger partial charge >= 0.3 is 0 Å². The smallest absolute Gasteiger partial charge is 0.0738 e. The minimum atomic E-state index is -0.375. The van der Waals surface area contributed by atoms with Gasteiger partial charge < -0.3 is 5.11 Å². The van der Waals surface area contributed by atoms with Gasteiger partial charge in [-0.1, -0.05) is 6.08 Å². The molecule has 1 atom stereocenters. The summed E-state index contributed by atoms with van der Waals surface area (Å²) in [4.78, 5) is 0. The number of nitrogens with zero attached hydrogens (tertiary/aromatic N) is 2. The van der Waals surface area contributed by atoms with Gasteiger partial charge in [0.25, 0.3) is 0 Å². The van der Waals surface area contributed by atoms with E-state index in [-0.39, 0.29) is 6.10 Å². The first-order chi connectivity index (χ1) is 7.10. The molecule has 0 aliphatic carbocycles. The highest BCUT2D eigenvalue weighted by Crippen LogP contribution is 2.22. The molecule has 0 amide bonds. The maximum Gasteiger partial charge on any atom is 0.0738 e. The van der Waals surface area contributed by atoms with Crippen LogP contribution in [-0.4, -0.2) is 21.0 Å². The van der Waals surface area contributed by atoms with Crippen molar-refractivity contribution in [2.75, 3.05) is 0 Å². The Labute approximate surface area is 98.9 Å². The molecule has 0 spiro atoms. The van der Waals surface area contributed by atoms with Crippen LogP contribution < -0.4 is 0 Å². The van der Waals surface area contributed by atoms with E-state index in [1.807, 2.05) is 18.5 Å². The van der Waals surface area contributed by atoms with Gasteiger partial charge in [0.15, 0.2) is 0 Å². The number of aromatic nitrogens is 2. The summed E-state index contributed by atoms with van der Waals surface area (Å²) >= 11 is 3.50. The second kappa shape index (κ2) is 5.47. The summed E-state index contributed by atoms with van der Waals surface area (Å²) in [6, 6.07) is 0. The topological polar surface area (TPSA) is 38.1 Å². The predicted octanol–water partition coefficient (Wildman–Crippen LogP) is 2.45. The lowest BCUT2D eigenvalue weighted by molar-refractivity contribution is 0.175. The molecule has 84 valence electrons. The van der Waals surface area contributed by atoms with Crippen molar-refractivity contribution in [3.63, 3.8) is 0 Å². The number of hydrogen-bond donors (Lipinski definition) is 1. The Hall–Kier alpha value is -0.610. The van der Waals surface area contributed by atoms with E-state index in [0.29, 0.717) is 12.8 Å². The predicted molar refractivity (Wildman–Crippen MR) is 64.9 cm³/mol. The number of aliphatic hydroxyl groups is 1. The van der Waals surface area contributed by atoms with E-state index in [4.69, 9.17) is 0 Å². The van der Waals surface area contributed by atoms with Crippen molar-refractivity contribution in [3.8, 4) is 0 Å². The van der Waals surface area contributed by atoms with Gasteiger partial charge in [0.1, 0.15) is 0 Å². The van der Waals surface area contributed by atoms with Crippen LogP contribution in [0.15, 0.2) is 17.1 Å². The molecule has 0 bridgehead atoms. The molecule has 1 heterocycles. The average Bonchev–Trinajstić information content (AvgIpc) is 2.46. The highest BCUT2D eigenvalue weighted by Gasteiger charge is 2.15. The third-order valence-corrected chi connectivity index (χ3v) is 3.35. The van der Waals surface area contributed by atoms with E-state index in [1.54, 1.807) is 6.08 Å². The van der Waals surface area contributed by atoms with Crippen LogP contribution in [0.4, 0.5) is 0 Å². The fourth-order valence-corrected chi connectivity index (χ4v) is 2.01. The fraction of sp³-hybridized carbons (Fsp3) is 0.545. The van der Waals surface area contributed by atoms with Gasteiger partial charge in [0.05, 0.1) is 22.0 Å². The van der Waals surface area contributed by atoms with Crippen molar-refractivity contribution in [2.45, 2.75) is 39.3 Å². The molecule has 0 aliphatic heterocycles. The number of aryl methyl sites for hydroxylation is 2. The Kier molecular flexibility index (Phi) is 4.54. The van der Waals surface area contributed by atoms with Gasteiger partial charge in [0.2, 0.25) is 0 Å². The lowest BCUT2D eigenvalue weighted by Gasteiger charge is -2.09. The zero-order chi connectivity index (χ0) is 11.4. The van der Waals surface area contributed by atoms with Crippen molar-refractivity contribution in [3.05, 3.63) is 28.5 Å². The van der Waals surface area contributed by atoms with Crippen LogP contribution in [0.1, 0.15) is 24.7 Å². The molecule has 4 heteroatoms.